The highest BCUT2D eigenvalue weighted by atomic mass is 16.3. The molecule has 17 heavy (non-hydrogen) atoms. The van der Waals surface area contributed by atoms with E-state index in [-0.39, 0.29) is 11.5 Å². The molecule has 2 aliphatic rings. The Morgan fingerprint density at radius 1 is 1.53 bits per heavy atom. The number of furan rings is 1. The maximum absolute atomic E-state index is 9.98. The summed E-state index contributed by atoms with van der Waals surface area (Å²) in [5, 5.41) is 9.98. The lowest BCUT2D eigenvalue weighted by Gasteiger charge is -2.47. The van der Waals surface area contributed by atoms with E-state index in [1.54, 1.807) is 0 Å². The van der Waals surface area contributed by atoms with Crippen LogP contribution in [0.4, 0.5) is 0 Å². The first kappa shape index (κ1) is 11.1. The molecule has 1 saturated carbocycles. The van der Waals surface area contributed by atoms with Crippen molar-refractivity contribution in [1.29, 1.82) is 0 Å². The van der Waals surface area contributed by atoms with Crippen LogP contribution in [0.25, 0.3) is 0 Å². The lowest BCUT2D eigenvalue weighted by molar-refractivity contribution is 0.0635. The molecule has 0 bridgehead atoms. The molecule has 0 unspecified atom stereocenters. The van der Waals surface area contributed by atoms with Gasteiger partial charge in [0.2, 0.25) is 0 Å². The standard InChI is InChI=1S/C15H20O2/c1-9-8-17-14-7-15(3)5-4-13(16)10(2)12(15)6-11(9)14/h8,12-13,16H,2,4-7H2,1,3H3/t12-,13-,15-/m1/s1. The van der Waals surface area contributed by atoms with Crippen molar-refractivity contribution in [3.8, 4) is 0 Å². The zero-order chi connectivity index (χ0) is 12.2. The van der Waals surface area contributed by atoms with E-state index in [9.17, 15) is 5.11 Å². The third-order valence-corrected chi connectivity index (χ3v) is 4.87. The van der Waals surface area contributed by atoms with E-state index in [1.807, 2.05) is 6.26 Å². The Kier molecular flexibility index (Phi) is 2.27. The van der Waals surface area contributed by atoms with E-state index in [0.29, 0.717) is 5.92 Å². The molecule has 3 atom stereocenters. The van der Waals surface area contributed by atoms with Crippen LogP contribution in [-0.2, 0) is 12.8 Å². The normalized spacial score (nSPS) is 36.5. The maximum Gasteiger partial charge on any atom is 0.107 e. The highest BCUT2D eigenvalue weighted by Gasteiger charge is 2.46. The smallest absolute Gasteiger partial charge is 0.107 e. The highest BCUT2D eigenvalue weighted by molar-refractivity contribution is 5.35. The van der Waals surface area contributed by atoms with Crippen molar-refractivity contribution < 1.29 is 9.52 Å². The molecule has 92 valence electrons. The summed E-state index contributed by atoms with van der Waals surface area (Å²) in [4.78, 5) is 0. The van der Waals surface area contributed by atoms with Crippen LogP contribution in [0.3, 0.4) is 0 Å². The Bertz CT molecular complexity index is 471. The van der Waals surface area contributed by atoms with Crippen molar-refractivity contribution in [2.24, 2.45) is 11.3 Å². The molecule has 0 amide bonds. The minimum atomic E-state index is -0.304. The van der Waals surface area contributed by atoms with Crippen LogP contribution in [0.2, 0.25) is 0 Å². The molecule has 1 N–H and O–H groups in total. The lowest BCUT2D eigenvalue weighted by atomic mass is 9.58. The van der Waals surface area contributed by atoms with E-state index in [4.69, 9.17) is 4.42 Å². The number of rotatable bonds is 0. The third kappa shape index (κ3) is 1.50. The minimum absolute atomic E-state index is 0.230. The summed E-state index contributed by atoms with van der Waals surface area (Å²) < 4.78 is 5.67. The van der Waals surface area contributed by atoms with Gasteiger partial charge in [0.25, 0.3) is 0 Å². The van der Waals surface area contributed by atoms with Crippen LogP contribution in [0.5, 0.6) is 0 Å². The largest absolute Gasteiger partial charge is 0.469 e. The molecule has 1 aromatic heterocycles. The van der Waals surface area contributed by atoms with E-state index in [0.717, 1.165) is 37.0 Å². The van der Waals surface area contributed by atoms with E-state index < -0.39 is 0 Å². The van der Waals surface area contributed by atoms with Crippen molar-refractivity contribution in [1.82, 2.24) is 0 Å². The molecule has 1 fully saturated rings. The van der Waals surface area contributed by atoms with Gasteiger partial charge < -0.3 is 9.52 Å². The molecule has 0 radical (unpaired) electrons. The van der Waals surface area contributed by atoms with Gasteiger partial charge in [0, 0.05) is 6.42 Å². The fourth-order valence-corrected chi connectivity index (χ4v) is 3.61. The summed E-state index contributed by atoms with van der Waals surface area (Å²) in [7, 11) is 0. The van der Waals surface area contributed by atoms with Crippen molar-refractivity contribution in [3.63, 3.8) is 0 Å². The van der Waals surface area contributed by atoms with Crippen molar-refractivity contribution in [3.05, 3.63) is 35.3 Å². The van der Waals surface area contributed by atoms with Crippen LogP contribution in [-0.4, -0.2) is 11.2 Å². The molecule has 0 saturated heterocycles. The summed E-state index contributed by atoms with van der Waals surface area (Å²) in [6.07, 6.45) is 5.46. The van der Waals surface area contributed by atoms with Gasteiger partial charge in [-0.25, -0.2) is 0 Å². The summed E-state index contributed by atoms with van der Waals surface area (Å²) in [5.74, 6) is 1.57. The fraction of sp³-hybridized carbons (Fsp3) is 0.600. The molecular weight excluding hydrogens is 212 g/mol. The van der Waals surface area contributed by atoms with Gasteiger partial charge >= 0.3 is 0 Å². The van der Waals surface area contributed by atoms with Gasteiger partial charge in [-0.2, -0.15) is 0 Å². The van der Waals surface area contributed by atoms with Gasteiger partial charge in [-0.15, -0.1) is 0 Å². The first-order chi connectivity index (χ1) is 8.01. The van der Waals surface area contributed by atoms with Crippen LogP contribution >= 0.6 is 0 Å². The van der Waals surface area contributed by atoms with Gasteiger partial charge in [-0.1, -0.05) is 13.5 Å². The quantitative estimate of drug-likeness (QED) is 0.697. The molecule has 2 heteroatoms. The summed E-state index contributed by atoms with van der Waals surface area (Å²) in [6, 6.07) is 0. The molecule has 1 aromatic rings. The predicted octanol–water partition coefficient (Wildman–Crippen LogP) is 3.02. The zero-order valence-electron chi connectivity index (χ0n) is 10.6. The Balaban J connectivity index is 2.02. The Hall–Kier alpha value is -1.02. The van der Waals surface area contributed by atoms with Gasteiger partial charge in [-0.3, -0.25) is 0 Å². The minimum Gasteiger partial charge on any atom is -0.469 e. The van der Waals surface area contributed by atoms with E-state index in [2.05, 4.69) is 20.4 Å². The molecule has 0 spiro atoms. The average molecular weight is 232 g/mol. The van der Waals surface area contributed by atoms with Crippen molar-refractivity contribution >= 4 is 0 Å². The third-order valence-electron chi connectivity index (χ3n) is 4.87. The first-order valence-corrected chi connectivity index (χ1v) is 6.44. The van der Waals surface area contributed by atoms with Crippen LogP contribution < -0.4 is 0 Å². The lowest BCUT2D eigenvalue weighted by Crippen LogP contribution is -2.43. The van der Waals surface area contributed by atoms with Crippen molar-refractivity contribution in [2.75, 3.05) is 0 Å². The summed E-state index contributed by atoms with van der Waals surface area (Å²) in [5.41, 5.74) is 3.86. The fourth-order valence-electron chi connectivity index (χ4n) is 3.61. The number of aliphatic hydroxyl groups excluding tert-OH is 1. The number of aryl methyl sites for hydroxylation is 1. The molecule has 0 aliphatic heterocycles. The first-order valence-electron chi connectivity index (χ1n) is 6.44. The van der Waals surface area contributed by atoms with Crippen LogP contribution in [0.1, 0.15) is 36.7 Å². The second-order valence-electron chi connectivity index (χ2n) is 6.04. The SMILES string of the molecule is C=C1[C@H](O)CC[C@]2(C)Cc3occ(C)c3C[C@H]12. The van der Waals surface area contributed by atoms with Crippen LogP contribution in [0, 0.1) is 18.3 Å². The monoisotopic (exact) mass is 232 g/mol. The molecule has 0 aromatic carbocycles. The Morgan fingerprint density at radius 2 is 2.29 bits per heavy atom. The van der Waals surface area contributed by atoms with Crippen LogP contribution in [0.15, 0.2) is 22.8 Å². The maximum atomic E-state index is 9.98. The zero-order valence-corrected chi connectivity index (χ0v) is 10.6. The predicted molar refractivity (Wildman–Crippen MR) is 66.8 cm³/mol. The van der Waals surface area contributed by atoms with Gasteiger partial charge in [0.05, 0.1) is 12.4 Å². The summed E-state index contributed by atoms with van der Waals surface area (Å²) in [6.45, 7) is 8.55. The number of fused-ring (bicyclic) bond motifs is 2. The number of aliphatic hydroxyl groups is 1. The number of hydrogen-bond acceptors (Lipinski definition) is 2. The topological polar surface area (TPSA) is 33.4 Å². The summed E-state index contributed by atoms with van der Waals surface area (Å²) >= 11 is 0. The van der Waals surface area contributed by atoms with Gasteiger partial charge in [0.1, 0.15) is 5.76 Å². The molecule has 2 nitrogen and oxygen atoms in total. The van der Waals surface area contributed by atoms with Crippen molar-refractivity contribution in [2.45, 2.75) is 45.6 Å². The Labute approximate surface area is 102 Å². The molecular formula is C15H20O2. The van der Waals surface area contributed by atoms with Gasteiger partial charge in [-0.05, 0) is 54.2 Å². The number of hydrogen-bond donors (Lipinski definition) is 1. The van der Waals surface area contributed by atoms with E-state index in [1.165, 1.54) is 11.1 Å². The average Bonchev–Trinajstić information content (AvgIpc) is 2.64. The second kappa shape index (κ2) is 3.49. The molecule has 1 heterocycles. The Morgan fingerprint density at radius 3 is 3.06 bits per heavy atom. The van der Waals surface area contributed by atoms with Gasteiger partial charge in [0.15, 0.2) is 0 Å². The molecule has 2 aliphatic carbocycles. The second-order valence-corrected chi connectivity index (χ2v) is 6.04. The van der Waals surface area contributed by atoms with E-state index >= 15 is 0 Å². The highest BCUT2D eigenvalue weighted by Crippen LogP contribution is 2.51. The molecule has 3 rings (SSSR count).